The summed E-state index contributed by atoms with van der Waals surface area (Å²) in [4.78, 5) is 27.2. The topological polar surface area (TPSA) is 54.3 Å². The van der Waals surface area contributed by atoms with Crippen LogP contribution in [0.5, 0.6) is 0 Å². The van der Waals surface area contributed by atoms with Gasteiger partial charge in [-0.2, -0.15) is 0 Å². The van der Waals surface area contributed by atoms with E-state index in [4.69, 9.17) is 0 Å². The number of likely N-dealkylation sites (tertiary alicyclic amines) is 1. The molecule has 6 heteroatoms. The molecular formula is C20H21N3O2S. The number of nitrogens with zero attached hydrogens (tertiary/aromatic N) is 2. The zero-order chi connectivity index (χ0) is 17.9. The van der Waals surface area contributed by atoms with Crippen LogP contribution in [0.1, 0.15) is 23.2 Å². The number of fused-ring (bicyclic) bond motifs is 1. The second-order valence-corrected chi connectivity index (χ2v) is 7.53. The number of benzene rings is 2. The van der Waals surface area contributed by atoms with Gasteiger partial charge < -0.3 is 10.2 Å². The van der Waals surface area contributed by atoms with Crippen molar-refractivity contribution >= 4 is 27.5 Å². The summed E-state index contributed by atoms with van der Waals surface area (Å²) in [5.74, 6) is -0.0700. The van der Waals surface area contributed by atoms with Crippen molar-refractivity contribution in [2.24, 2.45) is 0 Å². The van der Waals surface area contributed by atoms with Gasteiger partial charge in [0.2, 0.25) is 0 Å². The average Bonchev–Trinajstić information content (AvgIpc) is 3.30. The maximum atomic E-state index is 12.5. The monoisotopic (exact) mass is 367 g/mol. The van der Waals surface area contributed by atoms with Crippen LogP contribution in [-0.2, 0) is 0 Å². The van der Waals surface area contributed by atoms with Crippen LogP contribution in [0.15, 0.2) is 53.3 Å². The van der Waals surface area contributed by atoms with Gasteiger partial charge in [0.05, 0.1) is 15.8 Å². The van der Waals surface area contributed by atoms with Gasteiger partial charge in [0.25, 0.3) is 11.5 Å². The Morgan fingerprint density at radius 1 is 1.04 bits per heavy atom. The predicted molar refractivity (Wildman–Crippen MR) is 105 cm³/mol. The number of hydrogen-bond acceptors (Lipinski definition) is 4. The van der Waals surface area contributed by atoms with E-state index >= 15 is 0 Å². The molecule has 0 spiro atoms. The van der Waals surface area contributed by atoms with Crippen molar-refractivity contribution in [3.05, 3.63) is 64.4 Å². The Bertz CT molecular complexity index is 969. The number of amides is 1. The van der Waals surface area contributed by atoms with Gasteiger partial charge in [-0.15, -0.1) is 0 Å². The van der Waals surface area contributed by atoms with Gasteiger partial charge in [-0.3, -0.25) is 9.59 Å². The van der Waals surface area contributed by atoms with Crippen LogP contribution >= 0.6 is 11.5 Å². The highest BCUT2D eigenvalue weighted by Crippen LogP contribution is 2.20. The van der Waals surface area contributed by atoms with Gasteiger partial charge >= 0.3 is 0 Å². The largest absolute Gasteiger partial charge is 0.351 e. The third-order valence-electron chi connectivity index (χ3n) is 4.77. The normalized spacial score (nSPS) is 14.8. The van der Waals surface area contributed by atoms with E-state index in [2.05, 4.69) is 10.2 Å². The molecule has 3 aromatic rings. The fourth-order valence-corrected chi connectivity index (χ4v) is 4.32. The van der Waals surface area contributed by atoms with E-state index in [0.717, 1.165) is 35.4 Å². The molecule has 2 aromatic carbocycles. The number of hydrogen-bond donors (Lipinski definition) is 1. The third kappa shape index (κ3) is 3.43. The van der Waals surface area contributed by atoms with Gasteiger partial charge in [0.1, 0.15) is 0 Å². The molecule has 1 saturated heterocycles. The van der Waals surface area contributed by atoms with Gasteiger partial charge in [-0.05, 0) is 62.3 Å². The Morgan fingerprint density at radius 3 is 2.50 bits per heavy atom. The molecule has 0 atom stereocenters. The lowest BCUT2D eigenvalue weighted by Crippen LogP contribution is -2.33. The molecule has 0 bridgehead atoms. The Morgan fingerprint density at radius 2 is 1.77 bits per heavy atom. The number of carbonyl (C=O) groups is 1. The second-order valence-electron chi connectivity index (χ2n) is 6.54. The Kier molecular flexibility index (Phi) is 4.86. The van der Waals surface area contributed by atoms with E-state index in [1.54, 1.807) is 16.1 Å². The molecule has 134 valence electrons. The first-order valence-electron chi connectivity index (χ1n) is 8.94. The maximum Gasteiger partial charge on any atom is 0.273 e. The van der Waals surface area contributed by atoms with Crippen molar-refractivity contribution in [3.8, 4) is 5.69 Å². The minimum absolute atomic E-state index is 0.0200. The molecule has 5 nitrogen and oxygen atoms in total. The highest BCUT2D eigenvalue weighted by molar-refractivity contribution is 7.14. The summed E-state index contributed by atoms with van der Waals surface area (Å²) in [6, 6.07) is 14.8. The Hall–Kier alpha value is -2.44. The average molecular weight is 367 g/mol. The molecule has 1 N–H and O–H groups in total. The first-order chi connectivity index (χ1) is 12.7. The molecule has 26 heavy (non-hydrogen) atoms. The standard InChI is InChI=1S/C20H21N3O2S/c24-19(21-11-14-22-12-3-4-13-22)15-7-9-16(10-8-15)23-20(25)17-5-1-2-6-18(17)26-23/h1-2,5-10H,3-4,11-14H2,(H,21,24). The van der Waals surface area contributed by atoms with Crippen LogP contribution in [-0.4, -0.2) is 40.9 Å². The van der Waals surface area contributed by atoms with Crippen molar-refractivity contribution in [1.82, 2.24) is 14.2 Å². The molecule has 4 rings (SSSR count). The summed E-state index contributed by atoms with van der Waals surface area (Å²) in [6.07, 6.45) is 2.51. The number of rotatable bonds is 5. The van der Waals surface area contributed by atoms with Crippen molar-refractivity contribution < 1.29 is 4.79 Å². The summed E-state index contributed by atoms with van der Waals surface area (Å²) in [5.41, 5.74) is 1.38. The SMILES string of the molecule is O=C(NCCN1CCCC1)c1ccc(-n2sc3ccccc3c2=O)cc1. The molecule has 0 saturated carbocycles. The molecular weight excluding hydrogens is 346 g/mol. The fourth-order valence-electron chi connectivity index (χ4n) is 3.33. The fraction of sp³-hybridized carbons (Fsp3) is 0.300. The van der Waals surface area contributed by atoms with Crippen LogP contribution in [0, 0.1) is 0 Å². The maximum absolute atomic E-state index is 12.5. The zero-order valence-electron chi connectivity index (χ0n) is 14.5. The molecule has 1 amide bonds. The minimum atomic E-state index is -0.0700. The predicted octanol–water partition coefficient (Wildman–Crippen LogP) is 2.88. The van der Waals surface area contributed by atoms with Crippen molar-refractivity contribution in [2.75, 3.05) is 26.2 Å². The summed E-state index contributed by atoms with van der Waals surface area (Å²) in [6.45, 7) is 3.83. The Labute approximate surface area is 156 Å². The molecule has 0 radical (unpaired) electrons. The van der Waals surface area contributed by atoms with E-state index in [1.807, 2.05) is 36.4 Å². The lowest BCUT2D eigenvalue weighted by Gasteiger charge is -2.14. The molecule has 0 unspecified atom stereocenters. The van der Waals surface area contributed by atoms with Gasteiger partial charge in [-0.25, -0.2) is 3.96 Å². The molecule has 0 aliphatic carbocycles. The summed E-state index contributed by atoms with van der Waals surface area (Å²) in [7, 11) is 0. The zero-order valence-corrected chi connectivity index (χ0v) is 15.3. The van der Waals surface area contributed by atoms with E-state index in [9.17, 15) is 9.59 Å². The third-order valence-corrected chi connectivity index (χ3v) is 5.88. The molecule has 1 fully saturated rings. The molecule has 1 aliphatic heterocycles. The molecule has 2 heterocycles. The van der Waals surface area contributed by atoms with Crippen LogP contribution < -0.4 is 10.9 Å². The number of aromatic nitrogens is 1. The first kappa shape index (κ1) is 17.0. The minimum Gasteiger partial charge on any atom is -0.351 e. The van der Waals surface area contributed by atoms with E-state index in [0.29, 0.717) is 12.1 Å². The number of nitrogens with one attached hydrogen (secondary N) is 1. The highest BCUT2D eigenvalue weighted by Gasteiger charge is 2.12. The van der Waals surface area contributed by atoms with Gasteiger partial charge in [-0.1, -0.05) is 23.7 Å². The highest BCUT2D eigenvalue weighted by atomic mass is 32.1. The van der Waals surface area contributed by atoms with Crippen molar-refractivity contribution in [3.63, 3.8) is 0 Å². The molecule has 1 aromatic heterocycles. The van der Waals surface area contributed by atoms with Crippen molar-refractivity contribution in [2.45, 2.75) is 12.8 Å². The lowest BCUT2D eigenvalue weighted by molar-refractivity contribution is 0.0950. The molecule has 1 aliphatic rings. The van der Waals surface area contributed by atoms with Crippen LogP contribution in [0.4, 0.5) is 0 Å². The second kappa shape index (κ2) is 7.43. The van der Waals surface area contributed by atoms with Crippen LogP contribution in [0.3, 0.4) is 0 Å². The van der Waals surface area contributed by atoms with Crippen LogP contribution in [0.2, 0.25) is 0 Å². The van der Waals surface area contributed by atoms with E-state index in [1.165, 1.54) is 24.4 Å². The van der Waals surface area contributed by atoms with Crippen molar-refractivity contribution in [1.29, 1.82) is 0 Å². The van der Waals surface area contributed by atoms with Crippen LogP contribution in [0.25, 0.3) is 15.8 Å². The summed E-state index contributed by atoms with van der Waals surface area (Å²) >= 11 is 1.42. The lowest BCUT2D eigenvalue weighted by atomic mass is 10.2. The van der Waals surface area contributed by atoms with Gasteiger partial charge in [0, 0.05) is 18.7 Å². The Balaban J connectivity index is 1.44. The van der Waals surface area contributed by atoms with E-state index < -0.39 is 0 Å². The summed E-state index contributed by atoms with van der Waals surface area (Å²) in [5, 5.41) is 3.69. The van der Waals surface area contributed by atoms with E-state index in [-0.39, 0.29) is 11.5 Å². The quantitative estimate of drug-likeness (QED) is 0.754. The number of carbonyl (C=O) groups excluding carboxylic acids is 1. The summed E-state index contributed by atoms with van der Waals surface area (Å²) < 4.78 is 2.63. The van der Waals surface area contributed by atoms with Gasteiger partial charge in [0.15, 0.2) is 0 Å². The smallest absolute Gasteiger partial charge is 0.273 e. The first-order valence-corrected chi connectivity index (χ1v) is 9.72.